The van der Waals surface area contributed by atoms with Crippen LogP contribution in [0.4, 0.5) is 20.2 Å². The smallest absolute Gasteiger partial charge is 0.338 e. The number of anilines is 2. The van der Waals surface area contributed by atoms with Crippen molar-refractivity contribution in [3.05, 3.63) is 112 Å². The molecule has 0 radical (unpaired) electrons. The van der Waals surface area contributed by atoms with E-state index in [0.717, 1.165) is 30.3 Å². The molecular weight excluding hydrogens is 802 g/mol. The van der Waals surface area contributed by atoms with Gasteiger partial charge in [0.2, 0.25) is 11.5 Å². The van der Waals surface area contributed by atoms with Crippen LogP contribution in [0.2, 0.25) is 0 Å². The minimum absolute atomic E-state index is 0.0349. The molecule has 2 N–H and O–H groups in total. The van der Waals surface area contributed by atoms with E-state index in [1.807, 2.05) is 0 Å². The molecule has 0 saturated carbocycles. The van der Waals surface area contributed by atoms with Crippen molar-refractivity contribution >= 4 is 29.2 Å². The number of carbonyl (C=O) groups is 3. The lowest BCUT2D eigenvalue weighted by Gasteiger charge is -2.34. The van der Waals surface area contributed by atoms with Gasteiger partial charge in [0, 0.05) is 40.8 Å². The molecule has 0 aromatic heterocycles. The Labute approximate surface area is 349 Å². The van der Waals surface area contributed by atoms with Crippen LogP contribution >= 0.6 is 0 Å². The first kappa shape index (κ1) is 43.2. The Bertz CT molecular complexity index is 2430. The van der Waals surface area contributed by atoms with Gasteiger partial charge < -0.3 is 58.0 Å². The van der Waals surface area contributed by atoms with Crippen LogP contribution in [0.3, 0.4) is 0 Å². The van der Waals surface area contributed by atoms with Gasteiger partial charge in [0.05, 0.1) is 73.8 Å². The SMILES string of the molecule is COc1cc(OC)c2c(c1)O[C@H](c1cc(OC)c(OC)c(OC)c1)[C@H](OC(=O)c1ccc(F)c(NC(=O)c3ccc(F)c(NC(=O)c4cc(OC)c(OC)c(OC)c4)c3)c1)C2. The van der Waals surface area contributed by atoms with Gasteiger partial charge in [-0.15, -0.1) is 0 Å². The highest BCUT2D eigenvalue weighted by atomic mass is 19.1. The Balaban J connectivity index is 1.26. The molecule has 5 aromatic carbocycles. The summed E-state index contributed by atoms with van der Waals surface area (Å²) in [6.07, 6.45) is -1.83. The fourth-order valence-corrected chi connectivity index (χ4v) is 6.69. The Hall–Kier alpha value is -7.43. The minimum atomic E-state index is -0.999. The Morgan fingerprint density at radius 2 is 1.05 bits per heavy atom. The molecule has 61 heavy (non-hydrogen) atoms. The highest BCUT2D eigenvalue weighted by Crippen LogP contribution is 2.47. The zero-order valence-electron chi connectivity index (χ0n) is 34.4. The van der Waals surface area contributed by atoms with Gasteiger partial charge in [-0.1, -0.05) is 0 Å². The Morgan fingerprint density at radius 1 is 0.557 bits per heavy atom. The van der Waals surface area contributed by atoms with Crippen LogP contribution < -0.4 is 53.3 Å². The van der Waals surface area contributed by atoms with Crippen LogP contribution in [0.1, 0.15) is 48.3 Å². The van der Waals surface area contributed by atoms with Crippen LogP contribution in [0, 0.1) is 11.6 Å². The van der Waals surface area contributed by atoms with Gasteiger partial charge in [0.25, 0.3) is 11.8 Å². The summed E-state index contributed by atoms with van der Waals surface area (Å²) in [6.45, 7) is 0. The monoisotopic (exact) mass is 844 g/mol. The second-order valence-corrected chi connectivity index (χ2v) is 13.2. The molecule has 6 rings (SSSR count). The third-order valence-electron chi connectivity index (χ3n) is 9.72. The van der Waals surface area contributed by atoms with Gasteiger partial charge >= 0.3 is 5.97 Å². The van der Waals surface area contributed by atoms with Crippen molar-refractivity contribution in [2.45, 2.75) is 18.6 Å². The number of ether oxygens (including phenoxy) is 10. The molecule has 1 aliphatic heterocycles. The van der Waals surface area contributed by atoms with Crippen molar-refractivity contribution in [3.8, 4) is 51.7 Å². The zero-order chi connectivity index (χ0) is 44.0. The maximum absolute atomic E-state index is 15.3. The van der Waals surface area contributed by atoms with E-state index in [9.17, 15) is 18.8 Å². The predicted molar refractivity (Wildman–Crippen MR) is 217 cm³/mol. The third kappa shape index (κ3) is 8.95. The summed E-state index contributed by atoms with van der Waals surface area (Å²) in [7, 11) is 11.5. The lowest BCUT2D eigenvalue weighted by molar-refractivity contribution is -0.0188. The van der Waals surface area contributed by atoms with Gasteiger partial charge in [0.1, 0.15) is 35.0 Å². The largest absolute Gasteiger partial charge is 0.496 e. The molecule has 5 aromatic rings. The fourth-order valence-electron chi connectivity index (χ4n) is 6.69. The summed E-state index contributed by atoms with van der Waals surface area (Å²) in [4.78, 5) is 40.6. The van der Waals surface area contributed by atoms with Gasteiger partial charge in [-0.3, -0.25) is 9.59 Å². The number of carbonyl (C=O) groups excluding carboxylic acids is 3. The molecule has 0 fully saturated rings. The third-order valence-corrected chi connectivity index (χ3v) is 9.72. The summed E-state index contributed by atoms with van der Waals surface area (Å²) >= 11 is 0. The number of amides is 2. The number of hydrogen-bond acceptors (Lipinski definition) is 13. The highest BCUT2D eigenvalue weighted by Gasteiger charge is 2.38. The van der Waals surface area contributed by atoms with Gasteiger partial charge in [-0.05, 0) is 60.7 Å². The molecule has 0 saturated heterocycles. The Morgan fingerprint density at radius 3 is 1.56 bits per heavy atom. The van der Waals surface area contributed by atoms with Crippen molar-refractivity contribution in [1.29, 1.82) is 0 Å². The van der Waals surface area contributed by atoms with Crippen LogP contribution in [0.15, 0.2) is 72.8 Å². The van der Waals surface area contributed by atoms with Crippen LogP contribution in [0.5, 0.6) is 51.7 Å². The molecule has 15 nitrogen and oxygen atoms in total. The summed E-state index contributed by atoms with van der Waals surface area (Å²) in [5, 5.41) is 4.84. The van der Waals surface area contributed by atoms with Gasteiger partial charge in [0.15, 0.2) is 29.1 Å². The van der Waals surface area contributed by atoms with Crippen molar-refractivity contribution < 1.29 is 70.5 Å². The molecular formula is C44H42F2N2O13. The van der Waals surface area contributed by atoms with Crippen LogP contribution in [-0.4, -0.2) is 80.8 Å². The van der Waals surface area contributed by atoms with Gasteiger partial charge in [-0.25, -0.2) is 13.6 Å². The number of esters is 1. The van der Waals surface area contributed by atoms with Gasteiger partial charge in [-0.2, -0.15) is 0 Å². The Kier molecular flexibility index (Phi) is 13.2. The van der Waals surface area contributed by atoms with Crippen molar-refractivity contribution in [1.82, 2.24) is 0 Å². The second kappa shape index (κ2) is 18.7. The zero-order valence-corrected chi connectivity index (χ0v) is 34.4. The number of hydrogen-bond donors (Lipinski definition) is 2. The lowest BCUT2D eigenvalue weighted by atomic mass is 9.93. The van der Waals surface area contributed by atoms with E-state index in [-0.39, 0.29) is 51.7 Å². The summed E-state index contributed by atoms with van der Waals surface area (Å²) < 4.78 is 86.4. The van der Waals surface area contributed by atoms with E-state index in [1.165, 1.54) is 75.1 Å². The first-order valence-electron chi connectivity index (χ1n) is 18.3. The maximum atomic E-state index is 15.3. The number of nitrogens with one attached hydrogen (secondary N) is 2. The highest BCUT2D eigenvalue weighted by molar-refractivity contribution is 6.08. The predicted octanol–water partition coefficient (Wildman–Crippen LogP) is 7.44. The molecule has 1 heterocycles. The standard InChI is InChI=1S/C44H42F2N2O13/c1-52-26-19-32(53-2)27-21-38(39(60-33(27)20-26)24-15-34(54-3)40(58-7)35(16-24)55-4)61-44(51)23-10-12-29(46)31(14-23)47-42(49)22-9-11-28(45)30(13-22)48-43(50)25-17-36(56-5)41(59-8)37(18-25)57-6/h9-20,38-39H,21H2,1-8H3,(H,47,49)(H,48,50)/t38-,39-/m1/s1. The molecule has 0 spiro atoms. The summed E-state index contributed by atoms with van der Waals surface area (Å²) in [6, 6.07) is 15.9. The number of fused-ring (bicyclic) bond motifs is 1. The number of halogens is 2. The quantitative estimate of drug-likeness (QED) is 0.1000. The van der Waals surface area contributed by atoms with E-state index in [2.05, 4.69) is 10.6 Å². The van der Waals surface area contributed by atoms with E-state index < -0.39 is 41.6 Å². The van der Waals surface area contributed by atoms with E-state index in [0.29, 0.717) is 45.6 Å². The summed E-state index contributed by atoms with van der Waals surface area (Å²) in [5.41, 5.74) is 0.132. The minimum Gasteiger partial charge on any atom is -0.496 e. The van der Waals surface area contributed by atoms with Crippen molar-refractivity contribution in [3.63, 3.8) is 0 Å². The first-order chi connectivity index (χ1) is 29.4. The molecule has 0 unspecified atom stereocenters. The van der Waals surface area contributed by atoms with E-state index in [4.69, 9.17) is 47.4 Å². The average molecular weight is 845 g/mol. The maximum Gasteiger partial charge on any atom is 0.338 e. The molecule has 320 valence electrons. The lowest BCUT2D eigenvalue weighted by Crippen LogP contribution is -2.35. The van der Waals surface area contributed by atoms with Crippen LogP contribution in [0.25, 0.3) is 0 Å². The molecule has 0 aliphatic carbocycles. The second-order valence-electron chi connectivity index (χ2n) is 13.2. The average Bonchev–Trinajstić information content (AvgIpc) is 3.28. The van der Waals surface area contributed by atoms with E-state index in [1.54, 1.807) is 24.3 Å². The van der Waals surface area contributed by atoms with E-state index >= 15 is 4.39 Å². The number of benzene rings is 5. The molecule has 0 bridgehead atoms. The van der Waals surface area contributed by atoms with Crippen molar-refractivity contribution in [2.24, 2.45) is 0 Å². The normalized spacial score (nSPS) is 14.0. The molecule has 1 aliphatic rings. The molecule has 17 heteroatoms. The molecule has 2 atom stereocenters. The van der Waals surface area contributed by atoms with Crippen LogP contribution in [-0.2, 0) is 11.2 Å². The van der Waals surface area contributed by atoms with Crippen molar-refractivity contribution in [2.75, 3.05) is 67.5 Å². The fraction of sp³-hybridized carbons (Fsp3) is 0.250. The summed E-state index contributed by atoms with van der Waals surface area (Å²) in [5.74, 6) is -1.35. The first-order valence-corrected chi connectivity index (χ1v) is 18.3. The molecule has 2 amide bonds. The number of rotatable bonds is 15. The topological polar surface area (TPSA) is 168 Å². The number of methoxy groups -OCH3 is 8.